The third kappa shape index (κ3) is 2.77. The van der Waals surface area contributed by atoms with E-state index in [1.54, 1.807) is 5.49 Å². The van der Waals surface area contributed by atoms with Crippen molar-refractivity contribution in [2.24, 2.45) is 21.3 Å². The molecule has 4 rings (SSSR count). The highest BCUT2D eigenvalue weighted by Crippen LogP contribution is 2.53. The molecule has 126 valence electrons. The lowest BCUT2D eigenvalue weighted by Crippen LogP contribution is -2.48. The standard InChI is InChI=1S/C18H19F2N3S/c19-14-2-1-12(7-15(14)20)17-21-10-16(22-17)13-8-18(9-13)3-5-23(11-24)6-4-18/h1-2,7,11,13H,3-6,8-10H2. The minimum Gasteiger partial charge on any atom is -0.369 e. The number of rotatable bonds is 3. The summed E-state index contributed by atoms with van der Waals surface area (Å²) in [5.74, 6) is -0.687. The molecule has 3 nitrogen and oxygen atoms in total. The molecule has 0 radical (unpaired) electrons. The molecule has 1 spiro atoms. The van der Waals surface area contributed by atoms with Gasteiger partial charge in [-0.05, 0) is 49.3 Å². The maximum atomic E-state index is 13.4. The predicted molar refractivity (Wildman–Crippen MR) is 94.8 cm³/mol. The van der Waals surface area contributed by atoms with E-state index in [0.29, 0.717) is 29.3 Å². The van der Waals surface area contributed by atoms with Gasteiger partial charge in [-0.1, -0.05) is 12.2 Å². The highest BCUT2D eigenvalue weighted by Gasteiger charge is 2.47. The number of piperidine rings is 1. The van der Waals surface area contributed by atoms with Crippen molar-refractivity contribution in [3.63, 3.8) is 0 Å². The Morgan fingerprint density at radius 1 is 1.17 bits per heavy atom. The van der Waals surface area contributed by atoms with Gasteiger partial charge < -0.3 is 4.90 Å². The summed E-state index contributed by atoms with van der Waals surface area (Å²) in [5, 5.41) is 0. The first-order chi connectivity index (χ1) is 11.6. The first-order valence-corrected chi connectivity index (χ1v) is 8.82. The number of hydrogen-bond donors (Lipinski definition) is 0. The molecule has 0 bridgehead atoms. The van der Waals surface area contributed by atoms with Gasteiger partial charge >= 0.3 is 0 Å². The SMILES string of the molecule is Fc1ccc(C2=NCC(C3CC4(CCN(C=S)CC4)C3)=N2)cc1F. The summed E-state index contributed by atoms with van der Waals surface area (Å²) in [6, 6.07) is 3.83. The van der Waals surface area contributed by atoms with Gasteiger partial charge in [-0.15, -0.1) is 0 Å². The van der Waals surface area contributed by atoms with Crippen molar-refractivity contribution in [2.45, 2.75) is 25.7 Å². The van der Waals surface area contributed by atoms with E-state index in [1.807, 2.05) is 0 Å². The summed E-state index contributed by atoms with van der Waals surface area (Å²) in [6.45, 7) is 2.69. The summed E-state index contributed by atoms with van der Waals surface area (Å²) in [6.07, 6.45) is 4.72. The fraction of sp³-hybridized carbons (Fsp3) is 0.500. The maximum Gasteiger partial charge on any atom is 0.159 e. The van der Waals surface area contributed by atoms with Gasteiger partial charge in [-0.2, -0.15) is 0 Å². The van der Waals surface area contributed by atoms with E-state index in [9.17, 15) is 8.78 Å². The number of hydrogen-bond acceptors (Lipinski definition) is 3. The molecule has 0 aromatic heterocycles. The molecule has 0 amide bonds. The Hall–Kier alpha value is -1.69. The third-order valence-corrected chi connectivity index (χ3v) is 5.95. The van der Waals surface area contributed by atoms with E-state index in [-0.39, 0.29) is 0 Å². The second kappa shape index (κ2) is 5.99. The molecule has 6 heteroatoms. The van der Waals surface area contributed by atoms with E-state index in [0.717, 1.165) is 37.7 Å². The zero-order chi connectivity index (χ0) is 16.7. The zero-order valence-corrected chi connectivity index (χ0v) is 14.2. The van der Waals surface area contributed by atoms with Crippen LogP contribution in [0.5, 0.6) is 0 Å². The molecule has 1 saturated carbocycles. The van der Waals surface area contributed by atoms with Gasteiger partial charge in [0.1, 0.15) is 0 Å². The van der Waals surface area contributed by atoms with Crippen molar-refractivity contribution in [3.05, 3.63) is 35.4 Å². The normalized spacial score (nSPS) is 23.0. The number of amidine groups is 1. The molecule has 2 heterocycles. The van der Waals surface area contributed by atoms with E-state index in [4.69, 9.17) is 12.2 Å². The van der Waals surface area contributed by atoms with Gasteiger partial charge in [-0.25, -0.2) is 13.8 Å². The fourth-order valence-electron chi connectivity index (χ4n) is 4.11. The summed E-state index contributed by atoms with van der Waals surface area (Å²) in [5.41, 5.74) is 3.86. The molecular weight excluding hydrogens is 328 g/mol. The van der Waals surface area contributed by atoms with Crippen molar-refractivity contribution in [2.75, 3.05) is 19.6 Å². The van der Waals surface area contributed by atoms with Crippen molar-refractivity contribution >= 4 is 29.3 Å². The first-order valence-electron chi connectivity index (χ1n) is 8.35. The number of thiocarbonyl (C=S) groups is 1. The lowest BCUT2D eigenvalue weighted by molar-refractivity contribution is 0.0318. The Labute approximate surface area is 145 Å². The number of likely N-dealkylation sites (tertiary alicyclic amines) is 1. The molecule has 1 saturated heterocycles. The molecule has 0 unspecified atom stereocenters. The molecular formula is C18H19F2N3S. The second-order valence-corrected chi connectivity index (χ2v) is 7.33. The highest BCUT2D eigenvalue weighted by molar-refractivity contribution is 7.78. The molecule has 0 N–H and O–H groups in total. The van der Waals surface area contributed by atoms with Gasteiger partial charge in [0.15, 0.2) is 17.5 Å². The smallest absolute Gasteiger partial charge is 0.159 e. The van der Waals surface area contributed by atoms with Crippen molar-refractivity contribution in [1.82, 2.24) is 4.90 Å². The van der Waals surface area contributed by atoms with Crippen molar-refractivity contribution in [1.29, 1.82) is 0 Å². The highest BCUT2D eigenvalue weighted by atomic mass is 32.1. The molecule has 0 atom stereocenters. The van der Waals surface area contributed by atoms with E-state index >= 15 is 0 Å². The van der Waals surface area contributed by atoms with Crippen LogP contribution in [0.2, 0.25) is 0 Å². The van der Waals surface area contributed by atoms with Crippen LogP contribution in [0.25, 0.3) is 0 Å². The van der Waals surface area contributed by atoms with Crippen LogP contribution in [-0.2, 0) is 0 Å². The van der Waals surface area contributed by atoms with Crippen LogP contribution in [0.1, 0.15) is 31.2 Å². The van der Waals surface area contributed by atoms with Gasteiger partial charge in [0, 0.05) is 30.3 Å². The molecule has 1 aliphatic carbocycles. The molecule has 2 aliphatic heterocycles. The lowest BCUT2D eigenvalue weighted by atomic mass is 9.56. The van der Waals surface area contributed by atoms with E-state index in [1.165, 1.54) is 25.0 Å². The summed E-state index contributed by atoms with van der Waals surface area (Å²) < 4.78 is 26.4. The van der Waals surface area contributed by atoms with Crippen molar-refractivity contribution < 1.29 is 8.78 Å². The molecule has 24 heavy (non-hydrogen) atoms. The van der Waals surface area contributed by atoms with Gasteiger partial charge in [0.2, 0.25) is 0 Å². The average molecular weight is 347 g/mol. The summed E-state index contributed by atoms with van der Waals surface area (Å²) in [7, 11) is 0. The Morgan fingerprint density at radius 2 is 1.92 bits per heavy atom. The number of aliphatic imine (C=N–C) groups is 2. The van der Waals surface area contributed by atoms with Crippen LogP contribution >= 0.6 is 12.2 Å². The van der Waals surface area contributed by atoms with Crippen LogP contribution in [0.3, 0.4) is 0 Å². The third-order valence-electron chi connectivity index (χ3n) is 5.66. The Morgan fingerprint density at radius 3 is 2.58 bits per heavy atom. The van der Waals surface area contributed by atoms with Crippen LogP contribution in [0, 0.1) is 23.0 Å². The minimum atomic E-state index is -0.855. The monoisotopic (exact) mass is 347 g/mol. The van der Waals surface area contributed by atoms with Crippen LogP contribution in [0.4, 0.5) is 8.78 Å². The number of benzene rings is 1. The molecule has 2 fully saturated rings. The van der Waals surface area contributed by atoms with E-state index in [2.05, 4.69) is 14.9 Å². The lowest BCUT2D eigenvalue weighted by Gasteiger charge is -2.52. The number of nitrogens with zero attached hydrogens (tertiary/aromatic N) is 3. The average Bonchev–Trinajstić information content (AvgIpc) is 3.05. The number of halogens is 2. The quantitative estimate of drug-likeness (QED) is 0.781. The summed E-state index contributed by atoms with van der Waals surface area (Å²) >= 11 is 5.00. The Bertz CT molecular complexity index is 728. The van der Waals surface area contributed by atoms with Gasteiger partial charge in [0.25, 0.3) is 0 Å². The molecule has 1 aromatic rings. The Balaban J connectivity index is 1.40. The Kier molecular flexibility index (Phi) is 3.95. The van der Waals surface area contributed by atoms with E-state index < -0.39 is 11.6 Å². The summed E-state index contributed by atoms with van der Waals surface area (Å²) in [4.78, 5) is 11.2. The zero-order valence-electron chi connectivity index (χ0n) is 13.3. The van der Waals surface area contributed by atoms with Crippen molar-refractivity contribution in [3.8, 4) is 0 Å². The van der Waals surface area contributed by atoms with Gasteiger partial charge in [-0.3, -0.25) is 4.99 Å². The predicted octanol–water partition coefficient (Wildman–Crippen LogP) is 3.62. The topological polar surface area (TPSA) is 28.0 Å². The minimum absolute atomic E-state index is 0.451. The maximum absolute atomic E-state index is 13.4. The van der Waals surface area contributed by atoms with Crippen LogP contribution in [0.15, 0.2) is 28.2 Å². The van der Waals surface area contributed by atoms with Crippen LogP contribution < -0.4 is 0 Å². The second-order valence-electron chi connectivity index (χ2n) is 7.12. The largest absolute Gasteiger partial charge is 0.369 e. The van der Waals surface area contributed by atoms with Gasteiger partial charge in [0.05, 0.1) is 12.0 Å². The first kappa shape index (κ1) is 15.8. The molecule has 3 aliphatic rings. The van der Waals surface area contributed by atoms with Crippen LogP contribution in [-0.4, -0.2) is 41.6 Å². The molecule has 1 aromatic carbocycles. The fourth-order valence-corrected chi connectivity index (χ4v) is 4.32.